The highest BCUT2D eigenvalue weighted by Crippen LogP contribution is 2.48. The number of anilines is 2. The topological polar surface area (TPSA) is 86.7 Å². The third-order valence-electron chi connectivity index (χ3n) is 5.87. The molecule has 2 aromatic carbocycles. The summed E-state index contributed by atoms with van der Waals surface area (Å²) in [5.74, 6) is -2.85. The first-order chi connectivity index (χ1) is 14.0. The molecule has 148 valence electrons. The van der Waals surface area contributed by atoms with Crippen molar-refractivity contribution >= 4 is 29.2 Å². The van der Waals surface area contributed by atoms with Gasteiger partial charge in [-0.1, -0.05) is 36.4 Å². The maximum atomic E-state index is 12.9. The number of aliphatic carboxylic acids is 1. The molecular formula is C23H22N2O4. The van der Waals surface area contributed by atoms with E-state index in [9.17, 15) is 19.5 Å². The predicted octanol–water partition coefficient (Wildman–Crippen LogP) is 3.42. The van der Waals surface area contributed by atoms with E-state index in [0.29, 0.717) is 17.7 Å². The summed E-state index contributed by atoms with van der Waals surface area (Å²) < 4.78 is 0. The van der Waals surface area contributed by atoms with Crippen molar-refractivity contribution in [3.63, 3.8) is 0 Å². The van der Waals surface area contributed by atoms with Crippen LogP contribution in [0.15, 0.2) is 66.7 Å². The van der Waals surface area contributed by atoms with Crippen LogP contribution in [0.2, 0.25) is 0 Å². The molecule has 0 heterocycles. The van der Waals surface area contributed by atoms with Gasteiger partial charge in [0.05, 0.1) is 11.8 Å². The number of nitrogens with zero attached hydrogens (tertiary/aromatic N) is 1. The molecule has 2 aromatic rings. The van der Waals surface area contributed by atoms with Gasteiger partial charge in [-0.2, -0.15) is 0 Å². The van der Waals surface area contributed by atoms with Gasteiger partial charge in [0, 0.05) is 24.0 Å². The first-order valence-electron chi connectivity index (χ1n) is 9.61. The normalized spacial score (nSPS) is 24.3. The molecular weight excluding hydrogens is 368 g/mol. The molecule has 0 spiro atoms. The molecule has 0 saturated heterocycles. The van der Waals surface area contributed by atoms with Crippen LogP contribution >= 0.6 is 0 Å². The number of carboxylic acids is 1. The zero-order chi connectivity index (χ0) is 20.5. The number of hydrogen-bond donors (Lipinski definition) is 2. The average molecular weight is 390 g/mol. The SMILES string of the molecule is CN(C(=O)c1cccc(NC(=O)[C@H]2[C@@H](C(=O)O)[C@H]3C=C[C@@H]2C3)c1)c1ccccc1. The van der Waals surface area contributed by atoms with Crippen molar-refractivity contribution < 1.29 is 19.5 Å². The molecule has 2 bridgehead atoms. The highest BCUT2D eigenvalue weighted by Gasteiger charge is 2.51. The number of carbonyl (C=O) groups excluding carboxylic acids is 2. The molecule has 2 amide bonds. The second-order valence-electron chi connectivity index (χ2n) is 7.61. The third-order valence-corrected chi connectivity index (χ3v) is 5.87. The van der Waals surface area contributed by atoms with E-state index in [1.807, 2.05) is 42.5 Å². The smallest absolute Gasteiger partial charge is 0.307 e. The third kappa shape index (κ3) is 3.53. The number of carbonyl (C=O) groups is 3. The monoisotopic (exact) mass is 390 g/mol. The number of hydrogen-bond acceptors (Lipinski definition) is 3. The van der Waals surface area contributed by atoms with Gasteiger partial charge in [0.15, 0.2) is 0 Å². The Hall–Kier alpha value is -3.41. The minimum Gasteiger partial charge on any atom is -0.481 e. The maximum Gasteiger partial charge on any atom is 0.307 e. The van der Waals surface area contributed by atoms with E-state index in [-0.39, 0.29) is 23.7 Å². The largest absolute Gasteiger partial charge is 0.481 e. The fourth-order valence-corrected chi connectivity index (χ4v) is 4.43. The Balaban J connectivity index is 1.51. The summed E-state index contributed by atoms with van der Waals surface area (Å²) in [7, 11) is 1.70. The molecule has 6 heteroatoms. The molecule has 1 saturated carbocycles. The summed E-state index contributed by atoms with van der Waals surface area (Å²) in [4.78, 5) is 38.9. The van der Waals surface area contributed by atoms with Gasteiger partial charge in [0.25, 0.3) is 5.91 Å². The van der Waals surface area contributed by atoms with Crippen molar-refractivity contribution in [1.82, 2.24) is 0 Å². The van der Waals surface area contributed by atoms with Gasteiger partial charge in [0.1, 0.15) is 0 Å². The van der Waals surface area contributed by atoms with Gasteiger partial charge in [-0.25, -0.2) is 0 Å². The van der Waals surface area contributed by atoms with Crippen LogP contribution in [0, 0.1) is 23.7 Å². The highest BCUT2D eigenvalue weighted by molar-refractivity contribution is 6.07. The molecule has 0 radical (unpaired) electrons. The molecule has 0 aliphatic heterocycles. The van der Waals surface area contributed by atoms with E-state index in [4.69, 9.17) is 0 Å². The molecule has 0 unspecified atom stereocenters. The molecule has 6 nitrogen and oxygen atoms in total. The number of allylic oxidation sites excluding steroid dienone is 2. The number of para-hydroxylation sites is 1. The van der Waals surface area contributed by atoms with E-state index >= 15 is 0 Å². The van der Waals surface area contributed by atoms with E-state index < -0.39 is 17.8 Å². The number of benzene rings is 2. The Labute approximate surface area is 168 Å². The minimum atomic E-state index is -0.935. The van der Waals surface area contributed by atoms with Crippen molar-refractivity contribution in [3.8, 4) is 0 Å². The summed E-state index contributed by atoms with van der Waals surface area (Å²) in [6, 6.07) is 16.0. The van der Waals surface area contributed by atoms with E-state index in [1.54, 1.807) is 36.2 Å². The van der Waals surface area contributed by atoms with Gasteiger partial charge in [-0.05, 0) is 48.6 Å². The molecule has 29 heavy (non-hydrogen) atoms. The Morgan fingerprint density at radius 3 is 2.34 bits per heavy atom. The zero-order valence-corrected chi connectivity index (χ0v) is 16.0. The first kappa shape index (κ1) is 18.9. The van der Waals surface area contributed by atoms with Gasteiger partial charge >= 0.3 is 5.97 Å². The summed E-state index contributed by atoms with van der Waals surface area (Å²) >= 11 is 0. The second kappa shape index (κ2) is 7.54. The van der Waals surface area contributed by atoms with E-state index in [0.717, 1.165) is 5.69 Å². The van der Waals surface area contributed by atoms with E-state index in [2.05, 4.69) is 5.32 Å². The number of fused-ring (bicyclic) bond motifs is 2. The van der Waals surface area contributed by atoms with Crippen molar-refractivity contribution in [1.29, 1.82) is 0 Å². The molecule has 4 rings (SSSR count). The Morgan fingerprint density at radius 1 is 0.966 bits per heavy atom. The molecule has 2 N–H and O–H groups in total. The summed E-state index contributed by atoms with van der Waals surface area (Å²) in [5.41, 5.74) is 1.69. The Bertz CT molecular complexity index is 985. The van der Waals surface area contributed by atoms with Crippen LogP contribution in [0.1, 0.15) is 16.8 Å². The molecule has 1 fully saturated rings. The van der Waals surface area contributed by atoms with Crippen molar-refractivity contribution in [2.75, 3.05) is 17.3 Å². The van der Waals surface area contributed by atoms with Crippen LogP contribution in [0.5, 0.6) is 0 Å². The fourth-order valence-electron chi connectivity index (χ4n) is 4.43. The van der Waals surface area contributed by atoms with Crippen LogP contribution < -0.4 is 10.2 Å². The summed E-state index contributed by atoms with van der Waals surface area (Å²) in [6.45, 7) is 0. The first-order valence-corrected chi connectivity index (χ1v) is 9.61. The van der Waals surface area contributed by atoms with Gasteiger partial charge in [0.2, 0.25) is 5.91 Å². The second-order valence-corrected chi connectivity index (χ2v) is 7.61. The van der Waals surface area contributed by atoms with Crippen LogP contribution in [0.25, 0.3) is 0 Å². The van der Waals surface area contributed by atoms with Gasteiger partial charge in [-0.3, -0.25) is 14.4 Å². The minimum absolute atomic E-state index is 0.0462. The number of rotatable bonds is 5. The maximum absolute atomic E-state index is 12.9. The van der Waals surface area contributed by atoms with Gasteiger partial charge in [-0.15, -0.1) is 0 Å². The lowest BCUT2D eigenvalue weighted by atomic mass is 9.82. The molecule has 2 aliphatic rings. The lowest BCUT2D eigenvalue weighted by Gasteiger charge is -2.24. The van der Waals surface area contributed by atoms with Crippen LogP contribution in [-0.4, -0.2) is 29.9 Å². The van der Waals surface area contributed by atoms with Crippen LogP contribution in [0.4, 0.5) is 11.4 Å². The molecule has 4 atom stereocenters. The molecule has 0 aromatic heterocycles. The Kier molecular flexibility index (Phi) is 4.92. The van der Waals surface area contributed by atoms with Crippen LogP contribution in [-0.2, 0) is 9.59 Å². The van der Waals surface area contributed by atoms with Crippen molar-refractivity contribution in [3.05, 3.63) is 72.3 Å². The highest BCUT2D eigenvalue weighted by atomic mass is 16.4. The van der Waals surface area contributed by atoms with Gasteiger partial charge < -0.3 is 15.3 Å². The lowest BCUT2D eigenvalue weighted by molar-refractivity contribution is -0.146. The molecule has 2 aliphatic carbocycles. The Morgan fingerprint density at radius 2 is 1.66 bits per heavy atom. The fraction of sp³-hybridized carbons (Fsp3) is 0.261. The number of amides is 2. The lowest BCUT2D eigenvalue weighted by Crippen LogP contribution is -2.36. The van der Waals surface area contributed by atoms with Crippen LogP contribution in [0.3, 0.4) is 0 Å². The van der Waals surface area contributed by atoms with Crippen molar-refractivity contribution in [2.45, 2.75) is 6.42 Å². The van der Waals surface area contributed by atoms with Crippen molar-refractivity contribution in [2.24, 2.45) is 23.7 Å². The number of nitrogens with one attached hydrogen (secondary N) is 1. The standard InChI is InChI=1S/C23H22N2O4/c1-25(18-8-3-2-4-9-18)22(27)16-6-5-7-17(13-16)24-21(26)19-14-10-11-15(12-14)20(19)23(28)29/h2-11,13-15,19-20H,12H2,1H3,(H,24,26)(H,28,29)/t14-,15+,19-,20+/m1/s1. The summed E-state index contributed by atoms with van der Waals surface area (Å²) in [6.07, 6.45) is 4.56. The quantitative estimate of drug-likeness (QED) is 0.766. The predicted molar refractivity (Wildman–Crippen MR) is 110 cm³/mol. The average Bonchev–Trinajstić information content (AvgIpc) is 3.35. The zero-order valence-electron chi connectivity index (χ0n) is 16.0. The van der Waals surface area contributed by atoms with E-state index in [1.165, 1.54) is 0 Å². The number of carboxylic acid groups (broad SMARTS) is 1. The summed E-state index contributed by atoms with van der Waals surface area (Å²) in [5, 5.41) is 12.4.